The summed E-state index contributed by atoms with van der Waals surface area (Å²) in [5.41, 5.74) is 2.34. The Hall–Kier alpha value is -4.67. The molecule has 1 aromatic carbocycles. The van der Waals surface area contributed by atoms with Gasteiger partial charge in [-0.1, -0.05) is 24.8 Å². The van der Waals surface area contributed by atoms with E-state index in [1.54, 1.807) is 38.0 Å². The molecule has 0 aliphatic rings. The van der Waals surface area contributed by atoms with Gasteiger partial charge in [0.1, 0.15) is 18.6 Å². The maximum Gasteiger partial charge on any atom is 0.246 e. The molecule has 0 saturated heterocycles. The number of amides is 2. The van der Waals surface area contributed by atoms with Gasteiger partial charge in [0.2, 0.25) is 23.6 Å². The summed E-state index contributed by atoms with van der Waals surface area (Å²) in [6, 6.07) is 5.24. The van der Waals surface area contributed by atoms with Crippen LogP contribution in [0.25, 0.3) is 10.9 Å². The number of likely N-dealkylation sites (N-methyl/N-ethyl adjacent to an activating group) is 2. The number of rotatable bonds is 17. The number of nitrogens with one attached hydrogen (secondary N) is 3. The minimum atomic E-state index is -0.582. The number of benzene rings is 1. The van der Waals surface area contributed by atoms with E-state index in [9.17, 15) is 9.59 Å². The van der Waals surface area contributed by atoms with Crippen LogP contribution in [0.5, 0.6) is 5.88 Å². The van der Waals surface area contributed by atoms with Crippen LogP contribution in [-0.2, 0) is 21.1 Å². The van der Waals surface area contributed by atoms with Crippen LogP contribution in [0.2, 0.25) is 0 Å². The molecule has 13 nitrogen and oxygen atoms in total. The molecule has 3 N–H and O–H groups in total. The minimum absolute atomic E-state index is 0.204. The van der Waals surface area contributed by atoms with Gasteiger partial charge in [-0.05, 0) is 59.0 Å². The van der Waals surface area contributed by atoms with Gasteiger partial charge in [-0.25, -0.2) is 9.67 Å². The van der Waals surface area contributed by atoms with E-state index in [-0.39, 0.29) is 11.8 Å². The fraction of sp³-hybridized carbons (Fsp3) is 0.485. The number of nitrogens with zero attached hydrogens (tertiary/aromatic N) is 6. The van der Waals surface area contributed by atoms with Gasteiger partial charge < -0.3 is 35.2 Å². The predicted molar refractivity (Wildman–Crippen MR) is 181 cm³/mol. The molecule has 2 heterocycles. The average molecular weight is 634 g/mol. The first-order valence-electron chi connectivity index (χ1n) is 15.5. The van der Waals surface area contributed by atoms with Gasteiger partial charge in [0.25, 0.3) is 0 Å². The molecule has 0 radical (unpaired) electrons. The van der Waals surface area contributed by atoms with Crippen LogP contribution in [0.3, 0.4) is 0 Å². The predicted octanol–water partition coefficient (Wildman–Crippen LogP) is 3.61. The normalized spacial score (nSPS) is 11.7. The average Bonchev–Trinajstić information content (AvgIpc) is 3.40. The number of hydrogen-bond acceptors (Lipinski definition) is 10. The Morgan fingerprint density at radius 1 is 1.17 bits per heavy atom. The molecule has 3 rings (SSSR count). The SMILES string of the molecule is CCCNc1nc(Nc2ccc3c(OC)nn(COCC)c3c2)ncc1C#CCCCNC(=O)[C@H](C)N(C)C(=O)/C=C/CN(C)C. The summed E-state index contributed by atoms with van der Waals surface area (Å²) < 4.78 is 12.7. The van der Waals surface area contributed by atoms with Gasteiger partial charge in [-0.2, -0.15) is 4.98 Å². The molecule has 0 spiro atoms. The highest BCUT2D eigenvalue weighted by atomic mass is 16.5. The second-order valence-electron chi connectivity index (χ2n) is 10.9. The van der Waals surface area contributed by atoms with E-state index in [2.05, 4.69) is 44.8 Å². The van der Waals surface area contributed by atoms with Crippen LogP contribution in [0.15, 0.2) is 36.5 Å². The second-order valence-corrected chi connectivity index (χ2v) is 10.9. The highest BCUT2D eigenvalue weighted by molar-refractivity contribution is 5.92. The van der Waals surface area contributed by atoms with Crippen molar-refractivity contribution >= 4 is 40.2 Å². The van der Waals surface area contributed by atoms with Gasteiger partial charge in [0.05, 0.1) is 29.8 Å². The summed E-state index contributed by atoms with van der Waals surface area (Å²) in [4.78, 5) is 37.4. The number of unbranched alkanes of at least 4 members (excludes halogenated alkanes) is 1. The molecule has 1 atom stereocenters. The Morgan fingerprint density at radius 2 is 1.98 bits per heavy atom. The Kier molecular flexibility index (Phi) is 14.3. The molecule has 248 valence electrons. The quantitative estimate of drug-likeness (QED) is 0.115. The number of fused-ring (bicyclic) bond motifs is 1. The molecular weight excluding hydrogens is 586 g/mol. The van der Waals surface area contributed by atoms with E-state index in [1.807, 2.05) is 44.1 Å². The fourth-order valence-electron chi connectivity index (χ4n) is 4.23. The van der Waals surface area contributed by atoms with Crippen molar-refractivity contribution in [3.05, 3.63) is 42.1 Å². The van der Waals surface area contributed by atoms with Gasteiger partial charge in [0.15, 0.2) is 0 Å². The summed E-state index contributed by atoms with van der Waals surface area (Å²) in [7, 11) is 7.07. The van der Waals surface area contributed by atoms with Gasteiger partial charge >= 0.3 is 0 Å². The number of carbonyl (C=O) groups excluding carboxylic acids is 2. The van der Waals surface area contributed by atoms with Crippen LogP contribution in [0, 0.1) is 11.8 Å². The molecule has 46 heavy (non-hydrogen) atoms. The summed E-state index contributed by atoms with van der Waals surface area (Å²) in [6.07, 6.45) is 7.13. The van der Waals surface area contributed by atoms with E-state index >= 15 is 0 Å². The number of hydrogen-bond donors (Lipinski definition) is 3. The largest absolute Gasteiger partial charge is 0.479 e. The van der Waals surface area contributed by atoms with E-state index in [0.29, 0.717) is 62.5 Å². The maximum atomic E-state index is 12.6. The zero-order chi connectivity index (χ0) is 33.5. The summed E-state index contributed by atoms with van der Waals surface area (Å²) in [5.74, 6) is 7.52. The molecule has 0 unspecified atom stereocenters. The van der Waals surface area contributed by atoms with E-state index < -0.39 is 6.04 Å². The monoisotopic (exact) mass is 633 g/mol. The van der Waals surface area contributed by atoms with Crippen LogP contribution >= 0.6 is 0 Å². The zero-order valence-electron chi connectivity index (χ0n) is 28.0. The van der Waals surface area contributed by atoms with Gasteiger partial charge in [0, 0.05) is 51.5 Å². The van der Waals surface area contributed by atoms with E-state index in [4.69, 9.17) is 14.5 Å². The molecule has 3 aromatic rings. The smallest absolute Gasteiger partial charge is 0.246 e. The Bertz CT molecular complexity index is 1540. The lowest BCUT2D eigenvalue weighted by atomic mass is 10.2. The van der Waals surface area contributed by atoms with E-state index in [0.717, 1.165) is 29.6 Å². The van der Waals surface area contributed by atoms with Gasteiger partial charge in [-0.15, -0.1) is 5.10 Å². The first-order chi connectivity index (χ1) is 22.2. The molecule has 0 saturated carbocycles. The van der Waals surface area contributed by atoms with Crippen molar-refractivity contribution in [2.45, 2.75) is 52.8 Å². The zero-order valence-corrected chi connectivity index (χ0v) is 28.0. The number of ether oxygens (including phenoxy) is 2. The fourth-order valence-corrected chi connectivity index (χ4v) is 4.23. The van der Waals surface area contributed by atoms with Crippen LogP contribution in [0.4, 0.5) is 17.5 Å². The molecule has 2 amide bonds. The standard InChI is InChI=1S/C33H47N9O4/c1-8-18-34-30-25(14-11-10-12-19-35-31(44)24(3)41(6)29(43)15-13-20-40(4)5)22-36-33(38-30)37-26-16-17-27-28(21-26)42(23-46-9-2)39-32(27)45-7/h13,15-17,21-22,24H,8-10,12,18-20,23H2,1-7H3,(H,35,44)(H2,34,36,37,38)/b15-13+/t24-/m0/s1. The number of anilines is 3. The lowest BCUT2D eigenvalue weighted by molar-refractivity contribution is -0.135. The highest BCUT2D eigenvalue weighted by Crippen LogP contribution is 2.28. The van der Waals surface area contributed by atoms with Crippen molar-refractivity contribution in [3.8, 4) is 17.7 Å². The molecule has 0 aliphatic heterocycles. The Morgan fingerprint density at radius 3 is 2.70 bits per heavy atom. The van der Waals surface area contributed by atoms with Crippen LogP contribution in [-0.4, -0.2) is 102 Å². The van der Waals surface area contributed by atoms with Crippen molar-refractivity contribution < 1.29 is 19.1 Å². The highest BCUT2D eigenvalue weighted by Gasteiger charge is 2.20. The van der Waals surface area contributed by atoms with Crippen molar-refractivity contribution in [3.63, 3.8) is 0 Å². The number of methoxy groups -OCH3 is 1. The van der Waals surface area contributed by atoms with Crippen LogP contribution in [0.1, 0.15) is 45.6 Å². The van der Waals surface area contributed by atoms with E-state index in [1.165, 1.54) is 11.0 Å². The summed E-state index contributed by atoms with van der Waals surface area (Å²) >= 11 is 0. The number of aromatic nitrogens is 4. The molecule has 0 bridgehead atoms. The third-order valence-electron chi connectivity index (χ3n) is 6.96. The maximum absolute atomic E-state index is 12.6. The second kappa shape index (κ2) is 18.3. The lowest BCUT2D eigenvalue weighted by Gasteiger charge is -2.23. The molecule has 13 heteroatoms. The van der Waals surface area contributed by atoms with Crippen molar-refractivity contribution in [2.75, 3.05) is 65.1 Å². The van der Waals surface area contributed by atoms with Crippen molar-refractivity contribution in [1.82, 2.24) is 34.9 Å². The summed E-state index contributed by atoms with van der Waals surface area (Å²) in [6.45, 7) is 8.46. The van der Waals surface area contributed by atoms with Crippen molar-refractivity contribution in [2.24, 2.45) is 0 Å². The first kappa shape index (κ1) is 35.8. The molecule has 2 aromatic heterocycles. The molecular formula is C33H47N9O4. The Balaban J connectivity index is 1.59. The minimum Gasteiger partial charge on any atom is -0.479 e. The third-order valence-corrected chi connectivity index (χ3v) is 6.96. The van der Waals surface area contributed by atoms with Crippen molar-refractivity contribution in [1.29, 1.82) is 0 Å². The molecule has 0 aliphatic carbocycles. The third kappa shape index (κ3) is 10.5. The lowest BCUT2D eigenvalue weighted by Crippen LogP contribution is -2.45. The summed E-state index contributed by atoms with van der Waals surface area (Å²) in [5, 5.41) is 14.9. The molecule has 0 fully saturated rings. The first-order valence-corrected chi connectivity index (χ1v) is 15.5. The topological polar surface area (TPSA) is 139 Å². The number of carbonyl (C=O) groups is 2. The van der Waals surface area contributed by atoms with Gasteiger partial charge in [-0.3, -0.25) is 9.59 Å². The van der Waals surface area contributed by atoms with Crippen LogP contribution < -0.4 is 20.7 Å². The Labute approximate surface area is 271 Å².